The third kappa shape index (κ3) is 2.46. The van der Waals surface area contributed by atoms with Gasteiger partial charge in [-0.1, -0.05) is 0 Å². The molecule has 2 aromatic rings. The van der Waals surface area contributed by atoms with E-state index in [0.29, 0.717) is 16.8 Å². The van der Waals surface area contributed by atoms with Crippen LogP contribution in [0.1, 0.15) is 16.1 Å². The molecule has 6 heteroatoms. The summed E-state index contributed by atoms with van der Waals surface area (Å²) < 4.78 is 13.1. The molecular weight excluding hydrogens is 259 g/mol. The van der Waals surface area contributed by atoms with Gasteiger partial charge < -0.3 is 5.11 Å². The van der Waals surface area contributed by atoms with Crippen LogP contribution in [0.3, 0.4) is 0 Å². The van der Waals surface area contributed by atoms with Crippen molar-refractivity contribution in [2.45, 2.75) is 6.92 Å². The first-order valence-corrected chi connectivity index (χ1v) is 5.39. The van der Waals surface area contributed by atoms with Gasteiger partial charge in [0, 0.05) is 5.56 Å². The van der Waals surface area contributed by atoms with Gasteiger partial charge in [0.15, 0.2) is 5.69 Å². The van der Waals surface area contributed by atoms with Crippen molar-refractivity contribution in [2.75, 3.05) is 0 Å². The van der Waals surface area contributed by atoms with Gasteiger partial charge >= 0.3 is 5.97 Å². The largest absolute Gasteiger partial charge is 0.477 e. The number of benzene rings is 1. The van der Waals surface area contributed by atoms with Gasteiger partial charge in [-0.05, 0) is 48.4 Å². The fourth-order valence-corrected chi connectivity index (χ4v) is 1.66. The van der Waals surface area contributed by atoms with Gasteiger partial charge in [0.25, 0.3) is 0 Å². The molecule has 2 rings (SSSR count). The number of carbonyl (C=O) groups is 1. The van der Waals surface area contributed by atoms with Crippen molar-refractivity contribution < 1.29 is 14.3 Å². The Kier molecular flexibility index (Phi) is 3.25. The van der Waals surface area contributed by atoms with Gasteiger partial charge in [-0.2, -0.15) is 0 Å². The van der Waals surface area contributed by atoms with E-state index in [1.807, 2.05) is 0 Å². The van der Waals surface area contributed by atoms with Gasteiger partial charge in [-0.3, -0.25) is 0 Å². The Morgan fingerprint density at radius 2 is 2.06 bits per heavy atom. The minimum absolute atomic E-state index is 0.160. The maximum Gasteiger partial charge on any atom is 0.354 e. The first-order chi connectivity index (χ1) is 8.47. The summed E-state index contributed by atoms with van der Waals surface area (Å²) in [6.45, 7) is 1.61. The van der Waals surface area contributed by atoms with E-state index in [-0.39, 0.29) is 16.8 Å². The summed E-state index contributed by atoms with van der Waals surface area (Å²) in [5.41, 5.74) is 1.17. The van der Waals surface area contributed by atoms with Crippen molar-refractivity contribution in [3.8, 4) is 11.3 Å². The Bertz CT molecular complexity index is 631. The van der Waals surface area contributed by atoms with E-state index in [1.54, 1.807) is 13.0 Å². The quantitative estimate of drug-likeness (QED) is 0.849. The van der Waals surface area contributed by atoms with E-state index in [0.717, 1.165) is 0 Å². The zero-order chi connectivity index (χ0) is 13.3. The molecule has 18 heavy (non-hydrogen) atoms. The summed E-state index contributed by atoms with van der Waals surface area (Å²) in [5.74, 6) is -1.53. The van der Waals surface area contributed by atoms with Crippen LogP contribution >= 0.6 is 11.6 Å². The molecule has 0 fully saturated rings. The van der Waals surface area contributed by atoms with E-state index in [2.05, 4.69) is 9.97 Å². The lowest BCUT2D eigenvalue weighted by atomic mass is 10.1. The molecule has 1 heterocycles. The minimum atomic E-state index is -1.20. The van der Waals surface area contributed by atoms with Gasteiger partial charge in [-0.25, -0.2) is 19.2 Å². The van der Waals surface area contributed by atoms with Crippen molar-refractivity contribution in [3.05, 3.63) is 46.6 Å². The van der Waals surface area contributed by atoms with Crippen LogP contribution in [-0.4, -0.2) is 21.0 Å². The monoisotopic (exact) mass is 266 g/mol. The second-order valence-corrected chi connectivity index (χ2v) is 4.01. The number of carboxylic acid groups (broad SMARTS) is 1. The predicted octanol–water partition coefficient (Wildman–Crippen LogP) is 2.94. The molecule has 0 bridgehead atoms. The lowest BCUT2D eigenvalue weighted by Gasteiger charge is -2.04. The maximum atomic E-state index is 13.1. The molecule has 0 amide bonds. The number of aromatic nitrogens is 2. The van der Waals surface area contributed by atoms with Crippen LogP contribution < -0.4 is 0 Å². The van der Waals surface area contributed by atoms with Crippen molar-refractivity contribution in [1.82, 2.24) is 9.97 Å². The number of nitrogens with zero attached hydrogens (tertiary/aromatic N) is 2. The van der Waals surface area contributed by atoms with Gasteiger partial charge in [0.2, 0.25) is 5.28 Å². The Morgan fingerprint density at radius 3 is 2.67 bits per heavy atom. The van der Waals surface area contributed by atoms with Crippen LogP contribution in [0.15, 0.2) is 24.3 Å². The summed E-state index contributed by atoms with van der Waals surface area (Å²) in [6.07, 6.45) is 0. The molecule has 0 spiro atoms. The number of hydrogen-bond acceptors (Lipinski definition) is 3. The van der Waals surface area contributed by atoms with Crippen LogP contribution in [0.4, 0.5) is 4.39 Å². The molecule has 0 saturated heterocycles. The van der Waals surface area contributed by atoms with E-state index >= 15 is 0 Å². The molecule has 1 aromatic heterocycles. The third-order valence-corrected chi connectivity index (χ3v) is 2.54. The van der Waals surface area contributed by atoms with Crippen molar-refractivity contribution in [1.29, 1.82) is 0 Å². The molecule has 0 aliphatic rings. The second-order valence-electron chi connectivity index (χ2n) is 3.68. The van der Waals surface area contributed by atoms with Crippen molar-refractivity contribution in [3.63, 3.8) is 0 Å². The number of carboxylic acids is 1. The molecule has 0 saturated carbocycles. The Balaban J connectivity index is 2.56. The topological polar surface area (TPSA) is 63.1 Å². The maximum absolute atomic E-state index is 13.1. The highest BCUT2D eigenvalue weighted by Gasteiger charge is 2.11. The van der Waals surface area contributed by atoms with E-state index in [4.69, 9.17) is 16.7 Å². The lowest BCUT2D eigenvalue weighted by molar-refractivity contribution is 0.0690. The highest BCUT2D eigenvalue weighted by atomic mass is 35.5. The normalized spacial score (nSPS) is 10.4. The van der Waals surface area contributed by atoms with E-state index in [1.165, 1.54) is 18.2 Å². The summed E-state index contributed by atoms with van der Waals surface area (Å²) in [7, 11) is 0. The van der Waals surface area contributed by atoms with E-state index < -0.39 is 5.97 Å². The molecule has 0 aliphatic heterocycles. The average Bonchev–Trinajstić information content (AvgIpc) is 2.31. The first-order valence-electron chi connectivity index (χ1n) is 5.02. The summed E-state index contributed by atoms with van der Waals surface area (Å²) in [4.78, 5) is 18.4. The zero-order valence-electron chi connectivity index (χ0n) is 9.32. The molecule has 0 aliphatic carbocycles. The second kappa shape index (κ2) is 4.70. The fraction of sp³-hybridized carbons (Fsp3) is 0.0833. The molecule has 92 valence electrons. The van der Waals surface area contributed by atoms with E-state index in [9.17, 15) is 9.18 Å². The first kappa shape index (κ1) is 12.4. The fourth-order valence-electron chi connectivity index (χ4n) is 1.48. The number of halogens is 2. The van der Waals surface area contributed by atoms with Crippen molar-refractivity contribution in [2.24, 2.45) is 0 Å². The number of hydrogen-bond donors (Lipinski definition) is 1. The molecule has 0 radical (unpaired) electrons. The molecule has 0 atom stereocenters. The molecule has 1 aromatic carbocycles. The lowest BCUT2D eigenvalue weighted by Crippen LogP contribution is -2.02. The highest BCUT2D eigenvalue weighted by Crippen LogP contribution is 2.21. The Morgan fingerprint density at radius 1 is 1.33 bits per heavy atom. The number of rotatable bonds is 2. The molecule has 0 unspecified atom stereocenters. The van der Waals surface area contributed by atoms with Crippen LogP contribution in [0.5, 0.6) is 0 Å². The standard InChI is InChI=1S/C12H8ClFN2O2/c1-6-4-7(2-3-8(6)14)9-5-10(11(17)18)16-12(13)15-9/h2-5H,1H3,(H,17,18). The summed E-state index contributed by atoms with van der Waals surface area (Å²) in [6, 6.07) is 5.66. The van der Waals surface area contributed by atoms with Gasteiger partial charge in [0.1, 0.15) is 5.82 Å². The van der Waals surface area contributed by atoms with Crippen LogP contribution in [0.25, 0.3) is 11.3 Å². The smallest absolute Gasteiger partial charge is 0.354 e. The Hall–Kier alpha value is -2.01. The van der Waals surface area contributed by atoms with Gasteiger partial charge in [0.05, 0.1) is 5.69 Å². The van der Waals surface area contributed by atoms with Crippen molar-refractivity contribution >= 4 is 17.6 Å². The zero-order valence-corrected chi connectivity index (χ0v) is 10.1. The van der Waals surface area contributed by atoms with Crippen LogP contribution in [0.2, 0.25) is 5.28 Å². The Labute approximate surface area is 107 Å². The number of aromatic carboxylic acids is 1. The summed E-state index contributed by atoms with van der Waals surface area (Å²) in [5, 5.41) is 8.71. The van der Waals surface area contributed by atoms with Gasteiger partial charge in [-0.15, -0.1) is 0 Å². The summed E-state index contributed by atoms with van der Waals surface area (Å²) >= 11 is 5.66. The highest BCUT2D eigenvalue weighted by molar-refractivity contribution is 6.28. The van der Waals surface area contributed by atoms with Crippen LogP contribution in [0, 0.1) is 12.7 Å². The van der Waals surface area contributed by atoms with Crippen LogP contribution in [-0.2, 0) is 0 Å². The molecule has 1 N–H and O–H groups in total. The third-order valence-electron chi connectivity index (χ3n) is 2.37. The SMILES string of the molecule is Cc1cc(-c2cc(C(=O)O)nc(Cl)n2)ccc1F. The minimum Gasteiger partial charge on any atom is -0.477 e. The average molecular weight is 267 g/mol. The molecular formula is C12H8ClFN2O2. The predicted molar refractivity (Wildman–Crippen MR) is 64.1 cm³/mol. The molecule has 4 nitrogen and oxygen atoms in total. The number of aryl methyl sites for hydroxylation is 1.